The highest BCUT2D eigenvalue weighted by Crippen LogP contribution is 2.28. The van der Waals surface area contributed by atoms with Crippen molar-refractivity contribution in [3.05, 3.63) is 52.5 Å². The highest BCUT2D eigenvalue weighted by molar-refractivity contribution is 9.10. The van der Waals surface area contributed by atoms with Crippen LogP contribution < -0.4 is 10.1 Å². The molecule has 0 spiro atoms. The normalized spacial score (nSPS) is 10.0. The smallest absolute Gasteiger partial charge is 0.262 e. The summed E-state index contributed by atoms with van der Waals surface area (Å²) in [5.41, 5.74) is 1.85. The van der Waals surface area contributed by atoms with E-state index < -0.39 is 0 Å². The Hall–Kier alpha value is -1.97. The van der Waals surface area contributed by atoms with Crippen LogP contribution in [0.2, 0.25) is 0 Å². The van der Waals surface area contributed by atoms with Gasteiger partial charge in [-0.25, -0.2) is 0 Å². The Labute approximate surface area is 154 Å². The third-order valence-corrected chi connectivity index (χ3v) is 4.77. The summed E-state index contributed by atoms with van der Waals surface area (Å²) in [6.45, 7) is 1.92. The van der Waals surface area contributed by atoms with Crippen molar-refractivity contribution in [3.8, 4) is 11.8 Å². The summed E-state index contributed by atoms with van der Waals surface area (Å²) in [6, 6.07) is 15.4. The predicted molar refractivity (Wildman–Crippen MR) is 100 cm³/mol. The number of nitriles is 1. The van der Waals surface area contributed by atoms with Crippen LogP contribution in [-0.4, -0.2) is 18.3 Å². The number of hydrogen-bond acceptors (Lipinski definition) is 4. The Morgan fingerprint density at radius 3 is 2.88 bits per heavy atom. The van der Waals surface area contributed by atoms with Crippen LogP contribution in [-0.2, 0) is 4.79 Å². The van der Waals surface area contributed by atoms with Gasteiger partial charge in [-0.05, 0) is 52.7 Å². The molecule has 0 aromatic heterocycles. The molecule has 0 aliphatic carbocycles. The van der Waals surface area contributed by atoms with Gasteiger partial charge in [-0.2, -0.15) is 5.26 Å². The van der Waals surface area contributed by atoms with Crippen LogP contribution in [0.25, 0.3) is 0 Å². The molecule has 2 aromatic rings. The molecule has 4 nitrogen and oxygen atoms in total. The Kier molecular flexibility index (Phi) is 7.16. The van der Waals surface area contributed by atoms with Crippen molar-refractivity contribution in [2.75, 3.05) is 17.7 Å². The molecule has 0 radical (unpaired) electrons. The van der Waals surface area contributed by atoms with Gasteiger partial charge in [-0.15, -0.1) is 11.8 Å². The Balaban J connectivity index is 1.93. The first kappa shape index (κ1) is 18.4. The fraction of sp³-hybridized carbons (Fsp3) is 0.222. The average molecular weight is 405 g/mol. The zero-order chi connectivity index (χ0) is 17.4. The van der Waals surface area contributed by atoms with Crippen molar-refractivity contribution in [2.45, 2.75) is 18.2 Å². The lowest BCUT2D eigenvalue weighted by Crippen LogP contribution is -2.20. The fourth-order valence-corrected chi connectivity index (χ4v) is 3.43. The third kappa shape index (κ3) is 5.59. The highest BCUT2D eigenvalue weighted by atomic mass is 79.9. The number of carbonyl (C=O) groups excluding carboxylic acids is 1. The van der Waals surface area contributed by atoms with E-state index in [4.69, 9.17) is 10.00 Å². The van der Waals surface area contributed by atoms with Gasteiger partial charge < -0.3 is 10.1 Å². The summed E-state index contributed by atoms with van der Waals surface area (Å²) in [5.74, 6) is 1.10. The molecule has 0 heterocycles. The lowest BCUT2D eigenvalue weighted by molar-refractivity contribution is -0.118. The van der Waals surface area contributed by atoms with E-state index in [1.54, 1.807) is 11.8 Å². The molecule has 6 heteroatoms. The second-order valence-electron chi connectivity index (χ2n) is 5.02. The Bertz CT molecular complexity index is 759. The number of nitrogens with zero attached hydrogens (tertiary/aromatic N) is 1. The van der Waals surface area contributed by atoms with E-state index in [2.05, 4.69) is 27.3 Å². The van der Waals surface area contributed by atoms with Crippen LogP contribution in [0.3, 0.4) is 0 Å². The minimum Gasteiger partial charge on any atom is -0.483 e. The molecule has 2 aromatic carbocycles. The van der Waals surface area contributed by atoms with Gasteiger partial charge in [0.05, 0.1) is 16.2 Å². The van der Waals surface area contributed by atoms with E-state index in [-0.39, 0.29) is 12.5 Å². The number of benzene rings is 2. The number of aryl methyl sites for hydroxylation is 1. The maximum absolute atomic E-state index is 12.1. The van der Waals surface area contributed by atoms with Gasteiger partial charge in [0.1, 0.15) is 5.75 Å². The first-order valence-corrected chi connectivity index (χ1v) is 9.15. The van der Waals surface area contributed by atoms with Gasteiger partial charge in [-0.1, -0.05) is 18.2 Å². The molecule has 0 atom stereocenters. The molecule has 1 amide bonds. The standard InChI is InChI=1S/C18H17BrN2O2S/c1-13-7-8-16(14(19)11-13)23-12-18(22)21-15-5-2-3-6-17(15)24-10-4-9-20/h2-3,5-8,11H,4,10,12H2,1H3,(H,21,22). The van der Waals surface area contributed by atoms with E-state index in [9.17, 15) is 4.79 Å². The zero-order valence-electron chi connectivity index (χ0n) is 13.2. The quantitative estimate of drug-likeness (QED) is 0.532. The first-order valence-electron chi connectivity index (χ1n) is 7.37. The molecule has 0 fully saturated rings. The largest absolute Gasteiger partial charge is 0.483 e. The highest BCUT2D eigenvalue weighted by Gasteiger charge is 2.09. The summed E-state index contributed by atoms with van der Waals surface area (Å²) in [5, 5.41) is 11.5. The summed E-state index contributed by atoms with van der Waals surface area (Å²) in [4.78, 5) is 13.1. The predicted octanol–water partition coefficient (Wildman–Crippen LogP) is 4.78. The van der Waals surface area contributed by atoms with Gasteiger partial charge in [0.25, 0.3) is 5.91 Å². The summed E-state index contributed by atoms with van der Waals surface area (Å²) >= 11 is 4.97. The number of nitrogens with one attached hydrogen (secondary N) is 1. The summed E-state index contributed by atoms with van der Waals surface area (Å²) < 4.78 is 6.38. The van der Waals surface area contributed by atoms with Crippen molar-refractivity contribution in [1.82, 2.24) is 0 Å². The molecule has 2 rings (SSSR count). The van der Waals surface area contributed by atoms with Crippen molar-refractivity contribution in [2.24, 2.45) is 0 Å². The summed E-state index contributed by atoms with van der Waals surface area (Å²) in [6.07, 6.45) is 0.470. The molecule has 24 heavy (non-hydrogen) atoms. The van der Waals surface area contributed by atoms with Gasteiger partial charge in [-0.3, -0.25) is 4.79 Å². The molecule has 0 saturated carbocycles. The molecule has 0 bridgehead atoms. The monoisotopic (exact) mass is 404 g/mol. The number of hydrogen-bond donors (Lipinski definition) is 1. The Morgan fingerprint density at radius 2 is 2.12 bits per heavy atom. The van der Waals surface area contributed by atoms with Crippen LogP contribution in [0.1, 0.15) is 12.0 Å². The van der Waals surface area contributed by atoms with Crippen LogP contribution in [0.5, 0.6) is 5.75 Å². The second-order valence-corrected chi connectivity index (χ2v) is 7.01. The third-order valence-electron chi connectivity index (χ3n) is 3.08. The lowest BCUT2D eigenvalue weighted by Gasteiger charge is -2.12. The van der Waals surface area contributed by atoms with Gasteiger partial charge in [0, 0.05) is 17.1 Å². The van der Waals surface area contributed by atoms with E-state index in [1.807, 2.05) is 49.4 Å². The first-order chi connectivity index (χ1) is 11.6. The number of thioether (sulfide) groups is 1. The van der Waals surface area contributed by atoms with Crippen molar-refractivity contribution in [1.29, 1.82) is 5.26 Å². The van der Waals surface area contributed by atoms with Crippen molar-refractivity contribution in [3.63, 3.8) is 0 Å². The maximum Gasteiger partial charge on any atom is 0.262 e. The van der Waals surface area contributed by atoms with Crippen LogP contribution in [0.4, 0.5) is 5.69 Å². The number of halogens is 1. The number of para-hydroxylation sites is 1. The molecule has 0 saturated heterocycles. The summed E-state index contributed by atoms with van der Waals surface area (Å²) in [7, 11) is 0. The average Bonchev–Trinajstić information content (AvgIpc) is 2.56. The zero-order valence-corrected chi connectivity index (χ0v) is 15.6. The van der Waals surface area contributed by atoms with E-state index in [1.165, 1.54) is 0 Å². The minimum atomic E-state index is -0.226. The number of carbonyl (C=O) groups is 1. The number of ether oxygens (including phenoxy) is 1. The van der Waals surface area contributed by atoms with Crippen LogP contribution >= 0.6 is 27.7 Å². The van der Waals surface area contributed by atoms with Crippen LogP contribution in [0.15, 0.2) is 51.8 Å². The Morgan fingerprint density at radius 1 is 1.33 bits per heavy atom. The molecule has 1 N–H and O–H groups in total. The molecular weight excluding hydrogens is 388 g/mol. The van der Waals surface area contributed by atoms with Crippen molar-refractivity contribution >= 4 is 39.3 Å². The minimum absolute atomic E-state index is 0.0706. The maximum atomic E-state index is 12.1. The number of amides is 1. The van der Waals surface area contributed by atoms with E-state index >= 15 is 0 Å². The molecule has 0 aliphatic rings. The number of anilines is 1. The van der Waals surface area contributed by atoms with Gasteiger partial charge >= 0.3 is 0 Å². The van der Waals surface area contributed by atoms with E-state index in [0.29, 0.717) is 17.9 Å². The molecule has 0 unspecified atom stereocenters. The fourth-order valence-electron chi connectivity index (χ4n) is 1.95. The second kappa shape index (κ2) is 9.36. The number of rotatable bonds is 7. The van der Waals surface area contributed by atoms with Crippen LogP contribution in [0, 0.1) is 18.3 Å². The van der Waals surface area contributed by atoms with Gasteiger partial charge in [0.2, 0.25) is 0 Å². The molecule has 124 valence electrons. The van der Waals surface area contributed by atoms with E-state index in [0.717, 1.165) is 20.6 Å². The SMILES string of the molecule is Cc1ccc(OCC(=O)Nc2ccccc2SCCC#N)c(Br)c1. The molecular formula is C18H17BrN2O2S. The topological polar surface area (TPSA) is 62.1 Å². The molecule has 0 aliphatic heterocycles. The van der Waals surface area contributed by atoms with Crippen molar-refractivity contribution < 1.29 is 9.53 Å². The van der Waals surface area contributed by atoms with Gasteiger partial charge in [0.15, 0.2) is 6.61 Å². The lowest BCUT2D eigenvalue weighted by atomic mass is 10.2.